The summed E-state index contributed by atoms with van der Waals surface area (Å²) in [5.74, 6) is -0.382. The van der Waals surface area contributed by atoms with Gasteiger partial charge < -0.3 is 9.80 Å². The Bertz CT molecular complexity index is 987. The third-order valence-electron chi connectivity index (χ3n) is 5.39. The van der Waals surface area contributed by atoms with Crippen molar-refractivity contribution in [3.63, 3.8) is 0 Å². The minimum Gasteiger partial charge on any atom is -0.332 e. The van der Waals surface area contributed by atoms with E-state index in [1.807, 2.05) is 90.0 Å². The quantitative estimate of drug-likeness (QED) is 0.366. The topological polar surface area (TPSA) is 40.6 Å². The molecule has 166 valence electrons. The molecule has 0 saturated carbocycles. The number of hydrogen-bond acceptors (Lipinski definition) is 3. The van der Waals surface area contributed by atoms with Crippen LogP contribution in [0.2, 0.25) is 0 Å². The van der Waals surface area contributed by atoms with Crippen LogP contribution < -0.4 is 0 Å². The maximum absolute atomic E-state index is 13.4. The zero-order valence-corrected chi connectivity index (χ0v) is 19.3. The summed E-state index contributed by atoms with van der Waals surface area (Å²) in [5, 5.41) is 2.01. The molecule has 0 bridgehead atoms. The average molecular weight is 447 g/mol. The largest absolute Gasteiger partial charge is 0.332 e. The van der Waals surface area contributed by atoms with Crippen LogP contribution in [0.5, 0.6) is 0 Å². The lowest BCUT2D eigenvalue weighted by Gasteiger charge is -2.29. The summed E-state index contributed by atoms with van der Waals surface area (Å²) in [7, 11) is 0. The number of carbonyl (C=O) groups excluding carboxylic acids is 2. The van der Waals surface area contributed by atoms with Gasteiger partial charge >= 0.3 is 0 Å². The molecule has 2 amide bonds. The van der Waals surface area contributed by atoms with Gasteiger partial charge in [-0.3, -0.25) is 9.59 Å². The Morgan fingerprint density at radius 2 is 1.62 bits per heavy atom. The lowest BCUT2D eigenvalue weighted by Crippen LogP contribution is -2.44. The first-order chi connectivity index (χ1) is 15.6. The molecule has 0 radical (unpaired) electrons. The third kappa shape index (κ3) is 6.41. The summed E-state index contributed by atoms with van der Waals surface area (Å²) in [6.07, 6.45) is 2.36. The monoisotopic (exact) mass is 446 g/mol. The van der Waals surface area contributed by atoms with E-state index in [0.717, 1.165) is 16.0 Å². The van der Waals surface area contributed by atoms with E-state index in [-0.39, 0.29) is 24.3 Å². The minimum atomic E-state index is -0.274. The second-order valence-electron chi connectivity index (χ2n) is 7.69. The molecule has 2 aromatic carbocycles. The van der Waals surface area contributed by atoms with Crippen molar-refractivity contribution < 1.29 is 9.59 Å². The summed E-state index contributed by atoms with van der Waals surface area (Å²) in [6.45, 7) is 7.21. The molecule has 0 aliphatic heterocycles. The van der Waals surface area contributed by atoms with Gasteiger partial charge in [-0.1, -0.05) is 79.7 Å². The second-order valence-corrected chi connectivity index (χ2v) is 8.73. The Balaban J connectivity index is 1.78. The Hall–Kier alpha value is -3.18. The van der Waals surface area contributed by atoms with Crippen molar-refractivity contribution in [3.8, 4) is 0 Å². The lowest BCUT2D eigenvalue weighted by atomic mass is 9.95. The third-order valence-corrected chi connectivity index (χ3v) is 6.25. The van der Waals surface area contributed by atoms with Gasteiger partial charge in [-0.25, -0.2) is 0 Å². The zero-order valence-electron chi connectivity index (χ0n) is 18.5. The van der Waals surface area contributed by atoms with Crippen LogP contribution in [0.3, 0.4) is 0 Å². The average Bonchev–Trinajstić information content (AvgIpc) is 3.33. The summed E-state index contributed by atoms with van der Waals surface area (Å²) < 4.78 is 0. The first-order valence-corrected chi connectivity index (χ1v) is 11.8. The number of hydrogen-bond donors (Lipinski definition) is 0. The van der Waals surface area contributed by atoms with Crippen LogP contribution in [0, 0.1) is 0 Å². The molecule has 1 aromatic heterocycles. The van der Waals surface area contributed by atoms with Gasteiger partial charge in [-0.2, -0.15) is 0 Å². The fraction of sp³-hybridized carbons (Fsp3) is 0.259. The molecule has 3 aromatic rings. The van der Waals surface area contributed by atoms with Gasteiger partial charge in [0.05, 0.1) is 12.5 Å². The van der Waals surface area contributed by atoms with E-state index in [2.05, 4.69) is 6.58 Å². The number of thiophene rings is 1. The fourth-order valence-corrected chi connectivity index (χ4v) is 4.46. The molecule has 0 spiro atoms. The van der Waals surface area contributed by atoms with Crippen molar-refractivity contribution in [3.05, 3.63) is 107 Å². The number of benzene rings is 2. The highest BCUT2D eigenvalue weighted by molar-refractivity contribution is 7.09. The first kappa shape index (κ1) is 23.5. The molecule has 0 fully saturated rings. The molecule has 32 heavy (non-hydrogen) atoms. The van der Waals surface area contributed by atoms with Gasteiger partial charge in [0.2, 0.25) is 11.8 Å². The summed E-state index contributed by atoms with van der Waals surface area (Å²) >= 11 is 1.63. The van der Waals surface area contributed by atoms with Gasteiger partial charge in [0.15, 0.2) is 0 Å². The molecule has 4 nitrogen and oxygen atoms in total. The molecule has 0 aliphatic rings. The molecule has 3 rings (SSSR count). The maximum atomic E-state index is 13.4. The summed E-state index contributed by atoms with van der Waals surface area (Å²) in [4.78, 5) is 31.4. The van der Waals surface area contributed by atoms with Crippen molar-refractivity contribution in [2.75, 3.05) is 13.1 Å². The van der Waals surface area contributed by atoms with Gasteiger partial charge in [0.1, 0.15) is 6.54 Å². The van der Waals surface area contributed by atoms with E-state index in [1.165, 1.54) is 0 Å². The highest BCUT2D eigenvalue weighted by Crippen LogP contribution is 2.22. The van der Waals surface area contributed by atoms with Crippen LogP contribution >= 0.6 is 11.3 Å². The summed E-state index contributed by atoms with van der Waals surface area (Å²) in [5.41, 5.74) is 2.04. The van der Waals surface area contributed by atoms with Crippen LogP contribution in [0.25, 0.3) is 0 Å². The Morgan fingerprint density at radius 1 is 0.938 bits per heavy atom. The van der Waals surface area contributed by atoms with Crippen molar-refractivity contribution in [2.24, 2.45) is 0 Å². The van der Waals surface area contributed by atoms with E-state index >= 15 is 0 Å². The van der Waals surface area contributed by atoms with Crippen molar-refractivity contribution in [1.29, 1.82) is 0 Å². The predicted molar refractivity (Wildman–Crippen MR) is 131 cm³/mol. The van der Waals surface area contributed by atoms with Crippen molar-refractivity contribution in [2.45, 2.75) is 32.4 Å². The summed E-state index contributed by atoms with van der Waals surface area (Å²) in [6, 6.07) is 23.7. The minimum absolute atomic E-state index is 0.0341. The number of carbonyl (C=O) groups is 2. The Kier molecular flexibility index (Phi) is 8.81. The van der Waals surface area contributed by atoms with E-state index in [1.54, 1.807) is 22.3 Å². The number of nitrogens with zero attached hydrogens (tertiary/aromatic N) is 2. The number of amides is 2. The maximum Gasteiger partial charge on any atom is 0.242 e. The van der Waals surface area contributed by atoms with E-state index in [9.17, 15) is 9.59 Å². The van der Waals surface area contributed by atoms with Crippen LogP contribution in [0.1, 0.15) is 35.3 Å². The smallest absolute Gasteiger partial charge is 0.242 e. The number of rotatable bonds is 11. The molecule has 1 heterocycles. The van der Waals surface area contributed by atoms with Crippen LogP contribution in [-0.4, -0.2) is 34.7 Å². The van der Waals surface area contributed by atoms with Crippen molar-refractivity contribution >= 4 is 23.2 Å². The second kappa shape index (κ2) is 12.0. The fourth-order valence-electron chi connectivity index (χ4n) is 3.74. The highest BCUT2D eigenvalue weighted by Gasteiger charge is 2.27. The Morgan fingerprint density at radius 3 is 2.22 bits per heavy atom. The highest BCUT2D eigenvalue weighted by atomic mass is 32.1. The zero-order chi connectivity index (χ0) is 22.8. The molecule has 0 aliphatic carbocycles. The van der Waals surface area contributed by atoms with Crippen LogP contribution in [0.4, 0.5) is 0 Å². The molecule has 1 unspecified atom stereocenters. The van der Waals surface area contributed by atoms with Crippen LogP contribution in [-0.2, 0) is 22.7 Å². The Labute approximate surface area is 194 Å². The van der Waals surface area contributed by atoms with Gasteiger partial charge in [0, 0.05) is 18.0 Å². The molecule has 0 saturated heterocycles. The lowest BCUT2D eigenvalue weighted by molar-refractivity contribution is -0.141. The van der Waals surface area contributed by atoms with E-state index < -0.39 is 0 Å². The van der Waals surface area contributed by atoms with E-state index in [4.69, 9.17) is 0 Å². The van der Waals surface area contributed by atoms with E-state index in [0.29, 0.717) is 26.1 Å². The predicted octanol–water partition coefficient (Wildman–Crippen LogP) is 5.49. The first-order valence-electron chi connectivity index (χ1n) is 10.9. The van der Waals surface area contributed by atoms with Crippen molar-refractivity contribution in [1.82, 2.24) is 9.80 Å². The molecule has 5 heteroatoms. The van der Waals surface area contributed by atoms with Gasteiger partial charge in [-0.15, -0.1) is 17.9 Å². The molecule has 1 atom stereocenters. The molecular weight excluding hydrogens is 416 g/mol. The standard InChI is InChI=1S/C27H30N2O2S/c1-3-17-28(27(31)25(4-2)23-14-9-6-10-15-23)21-26(30)29(20-24-16-11-18-32-24)19-22-12-7-5-8-13-22/h3,5-16,18,25H,1,4,17,19-21H2,2H3. The molecular formula is C27H30N2O2S. The van der Waals surface area contributed by atoms with Gasteiger partial charge in [-0.05, 0) is 29.0 Å². The van der Waals surface area contributed by atoms with Gasteiger partial charge in [0.25, 0.3) is 0 Å². The normalized spacial score (nSPS) is 11.5. The van der Waals surface area contributed by atoms with Crippen LogP contribution in [0.15, 0.2) is 90.8 Å². The molecule has 0 N–H and O–H groups in total. The SMILES string of the molecule is C=CCN(CC(=O)N(Cc1ccccc1)Cc1cccs1)C(=O)C(CC)c1ccccc1.